The molecule has 0 saturated heterocycles. The van der Waals surface area contributed by atoms with E-state index < -0.39 is 0 Å². The number of hydrogen-bond acceptors (Lipinski definition) is 1. The summed E-state index contributed by atoms with van der Waals surface area (Å²) in [5.41, 5.74) is 0. The summed E-state index contributed by atoms with van der Waals surface area (Å²) in [6.07, 6.45) is 15.4. The lowest BCUT2D eigenvalue weighted by Gasteiger charge is -2.33. The summed E-state index contributed by atoms with van der Waals surface area (Å²) in [4.78, 5) is 12.8. The summed E-state index contributed by atoms with van der Waals surface area (Å²) in [6, 6.07) is 0. The molecule has 1 heteroatoms. The minimum atomic E-state index is 0.419. The van der Waals surface area contributed by atoms with Gasteiger partial charge in [0.05, 0.1) is 0 Å². The molecule has 2 atom stereocenters. The van der Waals surface area contributed by atoms with Crippen molar-refractivity contribution in [3.05, 3.63) is 0 Å². The minimum absolute atomic E-state index is 0.419. The quantitative estimate of drug-likeness (QED) is 0.678. The highest BCUT2D eigenvalue weighted by Crippen LogP contribution is 2.36. The molecule has 18 heavy (non-hydrogen) atoms. The van der Waals surface area contributed by atoms with E-state index in [-0.39, 0.29) is 0 Å². The first-order valence-corrected chi connectivity index (χ1v) is 8.36. The highest BCUT2D eigenvalue weighted by molar-refractivity contribution is 5.83. The van der Waals surface area contributed by atoms with E-state index >= 15 is 0 Å². The van der Waals surface area contributed by atoms with Crippen molar-refractivity contribution in [1.82, 2.24) is 0 Å². The van der Waals surface area contributed by atoms with Crippen LogP contribution in [-0.4, -0.2) is 5.78 Å². The molecule has 0 aromatic carbocycles. The van der Waals surface area contributed by atoms with E-state index in [2.05, 4.69) is 6.92 Å². The Hall–Kier alpha value is -0.330. The van der Waals surface area contributed by atoms with Crippen molar-refractivity contribution < 1.29 is 4.79 Å². The number of rotatable bonds is 3. The third-order valence-electron chi connectivity index (χ3n) is 5.31. The molecule has 0 spiro atoms. The van der Waals surface area contributed by atoms with Gasteiger partial charge in [0, 0.05) is 11.8 Å². The molecule has 0 radical (unpaired) electrons. The second-order valence-corrected chi connectivity index (χ2v) is 6.50. The lowest BCUT2D eigenvalue weighted by atomic mass is 9.71. The average molecular weight is 250 g/mol. The van der Waals surface area contributed by atoms with Gasteiger partial charge in [0.25, 0.3) is 0 Å². The van der Waals surface area contributed by atoms with Crippen LogP contribution in [0.5, 0.6) is 0 Å². The molecule has 1 nitrogen and oxygen atoms in total. The van der Waals surface area contributed by atoms with Gasteiger partial charge >= 0.3 is 0 Å². The maximum atomic E-state index is 12.8. The molecule has 0 amide bonds. The van der Waals surface area contributed by atoms with Crippen LogP contribution >= 0.6 is 0 Å². The Morgan fingerprint density at radius 3 is 2.06 bits per heavy atom. The van der Waals surface area contributed by atoms with Gasteiger partial charge in [-0.2, -0.15) is 0 Å². The maximum Gasteiger partial charge on any atom is 0.139 e. The predicted octanol–water partition coefficient (Wildman–Crippen LogP) is 5.13. The molecule has 0 aromatic rings. The first-order chi connectivity index (χ1) is 8.83. The van der Waals surface area contributed by atoms with E-state index in [0.717, 1.165) is 0 Å². The van der Waals surface area contributed by atoms with E-state index in [1.807, 2.05) is 0 Å². The average Bonchev–Trinajstić information content (AvgIpc) is 2.37. The van der Waals surface area contributed by atoms with Crippen LogP contribution in [0.4, 0.5) is 0 Å². The van der Waals surface area contributed by atoms with E-state index in [4.69, 9.17) is 0 Å². The van der Waals surface area contributed by atoms with Gasteiger partial charge in [-0.3, -0.25) is 4.79 Å². The zero-order valence-corrected chi connectivity index (χ0v) is 12.1. The first-order valence-electron chi connectivity index (χ1n) is 8.36. The molecule has 0 N–H and O–H groups in total. The fourth-order valence-electron chi connectivity index (χ4n) is 4.11. The monoisotopic (exact) mass is 250 g/mol. The van der Waals surface area contributed by atoms with Crippen LogP contribution in [0, 0.1) is 17.8 Å². The van der Waals surface area contributed by atoms with Crippen molar-refractivity contribution in [2.24, 2.45) is 17.8 Å². The minimum Gasteiger partial charge on any atom is -0.299 e. The Morgan fingerprint density at radius 1 is 0.833 bits per heavy atom. The molecule has 0 aromatic heterocycles. The summed E-state index contributed by atoms with van der Waals surface area (Å²) in [5.74, 6) is 2.20. The van der Waals surface area contributed by atoms with Gasteiger partial charge in [0.15, 0.2) is 0 Å². The molecule has 2 fully saturated rings. The summed E-state index contributed by atoms with van der Waals surface area (Å²) in [5, 5.41) is 0. The summed E-state index contributed by atoms with van der Waals surface area (Å²) < 4.78 is 0. The maximum absolute atomic E-state index is 12.8. The molecule has 2 aliphatic rings. The lowest BCUT2D eigenvalue weighted by Crippen LogP contribution is -2.32. The Balaban J connectivity index is 1.94. The number of hydrogen-bond donors (Lipinski definition) is 0. The topological polar surface area (TPSA) is 17.1 Å². The highest BCUT2D eigenvalue weighted by atomic mass is 16.1. The summed E-state index contributed by atoms with van der Waals surface area (Å²) in [6.45, 7) is 2.27. The number of ketones is 1. The summed E-state index contributed by atoms with van der Waals surface area (Å²) in [7, 11) is 0. The van der Waals surface area contributed by atoms with Gasteiger partial charge in [-0.1, -0.05) is 58.3 Å². The third-order valence-corrected chi connectivity index (χ3v) is 5.31. The van der Waals surface area contributed by atoms with Gasteiger partial charge in [-0.15, -0.1) is 0 Å². The smallest absolute Gasteiger partial charge is 0.139 e. The number of carbonyl (C=O) groups excluding carboxylic acids is 1. The van der Waals surface area contributed by atoms with Gasteiger partial charge in [0.1, 0.15) is 5.78 Å². The first kappa shape index (κ1) is 14.1. The van der Waals surface area contributed by atoms with Crippen LogP contribution in [0.3, 0.4) is 0 Å². The lowest BCUT2D eigenvalue weighted by molar-refractivity contribution is -0.130. The SMILES string of the molecule is CCC1CCCCC1C(=O)C1CCCCCCC1. The molecule has 2 rings (SSSR count). The van der Waals surface area contributed by atoms with Crippen molar-refractivity contribution in [2.75, 3.05) is 0 Å². The van der Waals surface area contributed by atoms with E-state index in [0.29, 0.717) is 23.5 Å². The Bertz CT molecular complexity index is 250. The number of carbonyl (C=O) groups is 1. The fourth-order valence-corrected chi connectivity index (χ4v) is 4.11. The molecule has 0 heterocycles. The third kappa shape index (κ3) is 3.59. The Labute approximate surface area is 113 Å². The van der Waals surface area contributed by atoms with Crippen LogP contribution < -0.4 is 0 Å². The second-order valence-electron chi connectivity index (χ2n) is 6.50. The van der Waals surface area contributed by atoms with Crippen LogP contribution in [0.2, 0.25) is 0 Å². The molecule has 0 bridgehead atoms. The zero-order valence-electron chi connectivity index (χ0n) is 12.1. The van der Waals surface area contributed by atoms with Crippen LogP contribution in [0.15, 0.2) is 0 Å². The van der Waals surface area contributed by atoms with Crippen molar-refractivity contribution in [3.63, 3.8) is 0 Å². The van der Waals surface area contributed by atoms with Crippen molar-refractivity contribution in [1.29, 1.82) is 0 Å². The van der Waals surface area contributed by atoms with E-state index in [1.165, 1.54) is 77.0 Å². The second kappa shape index (κ2) is 7.31. The van der Waals surface area contributed by atoms with Crippen molar-refractivity contribution in [2.45, 2.75) is 84.0 Å². The predicted molar refractivity (Wildman–Crippen MR) is 76.6 cm³/mol. The molecule has 2 saturated carbocycles. The normalized spacial score (nSPS) is 31.6. The van der Waals surface area contributed by atoms with Crippen LogP contribution in [-0.2, 0) is 4.79 Å². The van der Waals surface area contributed by atoms with Crippen LogP contribution in [0.25, 0.3) is 0 Å². The van der Waals surface area contributed by atoms with Gasteiger partial charge < -0.3 is 0 Å². The van der Waals surface area contributed by atoms with Crippen LogP contribution in [0.1, 0.15) is 84.0 Å². The van der Waals surface area contributed by atoms with E-state index in [1.54, 1.807) is 0 Å². The summed E-state index contributed by atoms with van der Waals surface area (Å²) >= 11 is 0. The standard InChI is InChI=1S/C17H30O/c1-2-14-10-8-9-13-16(14)17(18)15-11-6-4-3-5-7-12-15/h14-16H,2-13H2,1H3. The zero-order chi connectivity index (χ0) is 12.8. The van der Waals surface area contributed by atoms with Gasteiger partial charge in [-0.05, 0) is 31.6 Å². The molecular weight excluding hydrogens is 220 g/mol. The fraction of sp³-hybridized carbons (Fsp3) is 0.941. The molecule has 104 valence electrons. The molecule has 2 aliphatic carbocycles. The largest absolute Gasteiger partial charge is 0.299 e. The highest BCUT2D eigenvalue weighted by Gasteiger charge is 2.33. The van der Waals surface area contributed by atoms with Gasteiger partial charge in [0.2, 0.25) is 0 Å². The van der Waals surface area contributed by atoms with E-state index in [9.17, 15) is 4.79 Å². The Kier molecular flexibility index (Phi) is 5.72. The number of Topliss-reactive ketones (excluding diaryl/α,β-unsaturated/α-hetero) is 1. The Morgan fingerprint density at radius 2 is 1.39 bits per heavy atom. The molecule has 2 unspecified atom stereocenters. The van der Waals surface area contributed by atoms with Gasteiger partial charge in [-0.25, -0.2) is 0 Å². The van der Waals surface area contributed by atoms with Crippen molar-refractivity contribution in [3.8, 4) is 0 Å². The molecular formula is C17H30O. The van der Waals surface area contributed by atoms with Crippen molar-refractivity contribution >= 4 is 5.78 Å². The molecule has 0 aliphatic heterocycles.